The number of aliphatic hydroxyl groups is 1. The highest BCUT2D eigenvalue weighted by Crippen LogP contribution is 2.28. The Morgan fingerprint density at radius 1 is 1.21 bits per heavy atom. The molecule has 1 aliphatic carbocycles. The van der Waals surface area contributed by atoms with Crippen LogP contribution in [0.25, 0.3) is 0 Å². The molecule has 1 saturated carbocycles. The average molecular weight is 269 g/mol. The number of rotatable bonds is 4. The Balaban J connectivity index is 1.99. The van der Waals surface area contributed by atoms with Crippen LogP contribution in [0.2, 0.25) is 0 Å². The van der Waals surface area contributed by atoms with Gasteiger partial charge in [0.1, 0.15) is 11.6 Å². The van der Waals surface area contributed by atoms with Gasteiger partial charge in [0.2, 0.25) is 0 Å². The number of nitrogens with one attached hydrogen (secondary N) is 1. The molecule has 19 heavy (non-hydrogen) atoms. The molecular weight excluding hydrogens is 248 g/mol. The van der Waals surface area contributed by atoms with Gasteiger partial charge < -0.3 is 10.4 Å². The first kappa shape index (κ1) is 14.4. The molecule has 1 fully saturated rings. The van der Waals surface area contributed by atoms with Crippen LogP contribution >= 0.6 is 0 Å². The summed E-state index contributed by atoms with van der Waals surface area (Å²) in [4.78, 5) is 0. The standard InChI is InChI=1S/C15H21F2NO/c1-11(14-12(16)6-5-7-13(14)17)18-10-15(19)8-3-2-4-9-15/h5-7,11,18-19H,2-4,8-10H2,1H3. The lowest BCUT2D eigenvalue weighted by Crippen LogP contribution is -2.43. The molecule has 106 valence electrons. The Labute approximate surface area is 112 Å². The van der Waals surface area contributed by atoms with Crippen LogP contribution in [0.3, 0.4) is 0 Å². The molecule has 0 aliphatic heterocycles. The lowest BCUT2D eigenvalue weighted by Gasteiger charge is -2.33. The molecular formula is C15H21F2NO. The van der Waals surface area contributed by atoms with Crippen LogP contribution in [0.5, 0.6) is 0 Å². The van der Waals surface area contributed by atoms with Crippen molar-refractivity contribution >= 4 is 0 Å². The van der Waals surface area contributed by atoms with Crippen LogP contribution in [-0.2, 0) is 0 Å². The van der Waals surface area contributed by atoms with E-state index in [9.17, 15) is 13.9 Å². The molecule has 1 aromatic rings. The normalized spacial score (nSPS) is 20.2. The van der Waals surface area contributed by atoms with Gasteiger partial charge in [0, 0.05) is 18.2 Å². The monoisotopic (exact) mass is 269 g/mol. The van der Waals surface area contributed by atoms with Crippen LogP contribution in [0, 0.1) is 11.6 Å². The second kappa shape index (κ2) is 5.97. The van der Waals surface area contributed by atoms with Gasteiger partial charge in [0.05, 0.1) is 5.60 Å². The molecule has 0 heterocycles. The third kappa shape index (κ3) is 3.51. The summed E-state index contributed by atoms with van der Waals surface area (Å²) in [5.41, 5.74) is -0.684. The number of benzene rings is 1. The molecule has 2 N–H and O–H groups in total. The van der Waals surface area contributed by atoms with Gasteiger partial charge in [-0.05, 0) is 31.9 Å². The summed E-state index contributed by atoms with van der Waals surface area (Å²) < 4.78 is 27.2. The first-order valence-electron chi connectivity index (χ1n) is 6.91. The zero-order valence-electron chi connectivity index (χ0n) is 11.3. The van der Waals surface area contributed by atoms with Crippen LogP contribution in [-0.4, -0.2) is 17.3 Å². The van der Waals surface area contributed by atoms with Gasteiger partial charge in [-0.3, -0.25) is 0 Å². The highest BCUT2D eigenvalue weighted by atomic mass is 19.1. The van der Waals surface area contributed by atoms with E-state index in [0.717, 1.165) is 32.1 Å². The van der Waals surface area contributed by atoms with E-state index >= 15 is 0 Å². The van der Waals surface area contributed by atoms with Crippen LogP contribution in [0.1, 0.15) is 50.6 Å². The Morgan fingerprint density at radius 3 is 2.37 bits per heavy atom. The molecule has 2 nitrogen and oxygen atoms in total. The molecule has 1 aliphatic rings. The van der Waals surface area contributed by atoms with Gasteiger partial charge in [-0.2, -0.15) is 0 Å². The zero-order valence-corrected chi connectivity index (χ0v) is 11.3. The Hall–Kier alpha value is -1.00. The van der Waals surface area contributed by atoms with Gasteiger partial charge in [-0.25, -0.2) is 8.78 Å². The Kier molecular flexibility index (Phi) is 4.53. The highest BCUT2D eigenvalue weighted by molar-refractivity contribution is 5.22. The van der Waals surface area contributed by atoms with Crippen molar-refractivity contribution in [2.75, 3.05) is 6.54 Å². The summed E-state index contributed by atoms with van der Waals surface area (Å²) in [6, 6.07) is 3.42. The lowest BCUT2D eigenvalue weighted by molar-refractivity contribution is 0.00283. The van der Waals surface area contributed by atoms with E-state index in [0.29, 0.717) is 6.54 Å². The van der Waals surface area contributed by atoms with Crippen molar-refractivity contribution in [3.63, 3.8) is 0 Å². The van der Waals surface area contributed by atoms with E-state index in [1.165, 1.54) is 18.2 Å². The molecule has 1 aromatic carbocycles. The maximum absolute atomic E-state index is 13.6. The molecule has 4 heteroatoms. The predicted octanol–water partition coefficient (Wildman–Crippen LogP) is 3.31. The molecule has 2 rings (SSSR count). The SMILES string of the molecule is CC(NCC1(O)CCCCC1)c1c(F)cccc1F. The Morgan fingerprint density at radius 2 is 1.79 bits per heavy atom. The fraction of sp³-hybridized carbons (Fsp3) is 0.600. The van der Waals surface area contributed by atoms with Crippen molar-refractivity contribution in [1.82, 2.24) is 5.32 Å². The minimum atomic E-state index is -0.728. The zero-order chi connectivity index (χ0) is 13.9. The Bertz CT molecular complexity index is 410. The number of hydrogen-bond donors (Lipinski definition) is 2. The van der Waals surface area contributed by atoms with E-state index in [1.54, 1.807) is 6.92 Å². The average Bonchev–Trinajstić information content (AvgIpc) is 2.37. The second-order valence-electron chi connectivity index (χ2n) is 5.52. The van der Waals surface area contributed by atoms with Crippen molar-refractivity contribution in [2.45, 2.75) is 50.7 Å². The summed E-state index contributed by atoms with van der Waals surface area (Å²) >= 11 is 0. The fourth-order valence-electron chi connectivity index (χ4n) is 2.76. The van der Waals surface area contributed by atoms with Crippen LogP contribution in [0.4, 0.5) is 8.78 Å². The lowest BCUT2D eigenvalue weighted by atomic mass is 9.84. The third-order valence-electron chi connectivity index (χ3n) is 3.95. The first-order valence-corrected chi connectivity index (χ1v) is 6.91. The minimum Gasteiger partial charge on any atom is -0.389 e. The maximum atomic E-state index is 13.6. The quantitative estimate of drug-likeness (QED) is 0.879. The van der Waals surface area contributed by atoms with Crippen molar-refractivity contribution in [2.24, 2.45) is 0 Å². The van der Waals surface area contributed by atoms with E-state index < -0.39 is 23.3 Å². The van der Waals surface area contributed by atoms with Gasteiger partial charge in [0.25, 0.3) is 0 Å². The summed E-state index contributed by atoms with van der Waals surface area (Å²) in [5, 5.41) is 13.4. The van der Waals surface area contributed by atoms with Gasteiger partial charge in [0.15, 0.2) is 0 Å². The molecule has 1 unspecified atom stereocenters. The summed E-state index contributed by atoms with van der Waals surface area (Å²) in [5.74, 6) is -1.09. The van der Waals surface area contributed by atoms with Gasteiger partial charge in [-0.1, -0.05) is 25.3 Å². The molecule has 0 bridgehead atoms. The smallest absolute Gasteiger partial charge is 0.130 e. The fourth-order valence-corrected chi connectivity index (χ4v) is 2.76. The highest BCUT2D eigenvalue weighted by Gasteiger charge is 2.29. The van der Waals surface area contributed by atoms with Gasteiger partial charge in [-0.15, -0.1) is 0 Å². The maximum Gasteiger partial charge on any atom is 0.130 e. The van der Waals surface area contributed by atoms with E-state index in [1.807, 2.05) is 0 Å². The van der Waals surface area contributed by atoms with Gasteiger partial charge >= 0.3 is 0 Å². The summed E-state index contributed by atoms with van der Waals surface area (Å²) in [6.07, 6.45) is 4.69. The number of hydrogen-bond acceptors (Lipinski definition) is 2. The molecule has 0 saturated heterocycles. The largest absolute Gasteiger partial charge is 0.389 e. The summed E-state index contributed by atoms with van der Waals surface area (Å²) in [7, 11) is 0. The van der Waals surface area contributed by atoms with E-state index in [4.69, 9.17) is 0 Å². The van der Waals surface area contributed by atoms with Crippen molar-refractivity contribution in [3.05, 3.63) is 35.4 Å². The van der Waals surface area contributed by atoms with Crippen molar-refractivity contribution in [3.8, 4) is 0 Å². The molecule has 0 spiro atoms. The van der Waals surface area contributed by atoms with E-state index in [2.05, 4.69) is 5.32 Å². The van der Waals surface area contributed by atoms with Crippen molar-refractivity contribution in [1.29, 1.82) is 0 Å². The third-order valence-corrected chi connectivity index (χ3v) is 3.95. The minimum absolute atomic E-state index is 0.0434. The second-order valence-corrected chi connectivity index (χ2v) is 5.52. The topological polar surface area (TPSA) is 32.3 Å². The van der Waals surface area contributed by atoms with Crippen molar-refractivity contribution < 1.29 is 13.9 Å². The molecule has 0 aromatic heterocycles. The van der Waals surface area contributed by atoms with Crippen LogP contribution in [0.15, 0.2) is 18.2 Å². The first-order chi connectivity index (χ1) is 9.02. The molecule has 0 radical (unpaired) electrons. The number of halogens is 2. The molecule has 0 amide bonds. The van der Waals surface area contributed by atoms with E-state index in [-0.39, 0.29) is 5.56 Å². The summed E-state index contributed by atoms with van der Waals surface area (Å²) in [6.45, 7) is 2.09. The predicted molar refractivity (Wildman–Crippen MR) is 70.8 cm³/mol. The van der Waals surface area contributed by atoms with Crippen LogP contribution < -0.4 is 5.32 Å². The molecule has 1 atom stereocenters.